The molecule has 0 aliphatic carbocycles. The summed E-state index contributed by atoms with van der Waals surface area (Å²) in [6.45, 7) is 4.81. The molecular weight excluding hydrogens is 393 g/mol. The predicted octanol–water partition coefficient (Wildman–Crippen LogP) is 4.40. The Morgan fingerprint density at radius 3 is 2.50 bits per heavy atom. The van der Waals surface area contributed by atoms with Crippen LogP contribution in [0.1, 0.15) is 26.5 Å². The second-order valence-electron chi connectivity index (χ2n) is 5.76. The van der Waals surface area contributed by atoms with Crippen molar-refractivity contribution in [3.8, 4) is 5.82 Å². The number of carbonyl (C=O) groups is 1. The van der Waals surface area contributed by atoms with Gasteiger partial charge < -0.3 is 4.74 Å². The molecule has 1 N–H and O–H groups in total. The van der Waals surface area contributed by atoms with Crippen molar-refractivity contribution >= 4 is 27.7 Å². The Balaban J connectivity index is 2.42. The number of halogens is 4. The number of hydrogen-bond donors (Lipinski definition) is 1. The van der Waals surface area contributed by atoms with Crippen molar-refractivity contribution < 1.29 is 22.7 Å². The standard InChI is InChI=1S/C14H14BrF3N4O2/c1-13(2,3)24-12(23)20-8-7-19-22(11(8)14(16,17)18)10-6-4-5-9(15)21-10/h4-7H,1-3H3,(H,20,23). The SMILES string of the molecule is CC(C)(C)OC(=O)Nc1cnn(-c2cccc(Br)n2)c1C(F)(F)F. The number of ether oxygens (including phenoxy) is 1. The smallest absolute Gasteiger partial charge is 0.435 e. The minimum absolute atomic E-state index is 0.0473. The van der Waals surface area contributed by atoms with E-state index in [0.29, 0.717) is 9.28 Å². The Bertz CT molecular complexity index is 753. The van der Waals surface area contributed by atoms with Crippen molar-refractivity contribution in [2.45, 2.75) is 32.5 Å². The van der Waals surface area contributed by atoms with Gasteiger partial charge in [0.2, 0.25) is 0 Å². The predicted molar refractivity (Wildman–Crippen MR) is 83.9 cm³/mol. The van der Waals surface area contributed by atoms with Crippen LogP contribution in [0.5, 0.6) is 0 Å². The van der Waals surface area contributed by atoms with E-state index in [-0.39, 0.29) is 5.82 Å². The molecule has 0 aliphatic heterocycles. The first-order chi connectivity index (χ1) is 11.0. The van der Waals surface area contributed by atoms with Crippen molar-refractivity contribution in [1.82, 2.24) is 14.8 Å². The van der Waals surface area contributed by atoms with E-state index in [0.717, 1.165) is 6.20 Å². The molecule has 2 heterocycles. The van der Waals surface area contributed by atoms with E-state index >= 15 is 0 Å². The van der Waals surface area contributed by atoms with Gasteiger partial charge in [0.05, 0.1) is 11.9 Å². The van der Waals surface area contributed by atoms with Crippen molar-refractivity contribution in [2.75, 3.05) is 5.32 Å². The Kier molecular flexibility index (Phi) is 4.88. The molecule has 2 rings (SSSR count). The molecular formula is C14H14BrF3N4O2. The van der Waals surface area contributed by atoms with Gasteiger partial charge in [0, 0.05) is 0 Å². The quantitative estimate of drug-likeness (QED) is 0.750. The third-order valence-corrected chi connectivity index (χ3v) is 3.03. The molecule has 6 nitrogen and oxygen atoms in total. The highest BCUT2D eigenvalue weighted by Gasteiger charge is 2.40. The number of rotatable bonds is 2. The minimum atomic E-state index is -4.76. The van der Waals surface area contributed by atoms with Crippen LogP contribution in [0.4, 0.5) is 23.7 Å². The topological polar surface area (TPSA) is 69.0 Å². The Labute approximate surface area is 144 Å². The summed E-state index contributed by atoms with van der Waals surface area (Å²) in [7, 11) is 0. The zero-order chi connectivity index (χ0) is 18.1. The first-order valence-electron chi connectivity index (χ1n) is 6.75. The molecule has 10 heteroatoms. The van der Waals surface area contributed by atoms with Crippen molar-refractivity contribution in [3.05, 3.63) is 34.7 Å². The number of nitrogens with zero attached hydrogens (tertiary/aromatic N) is 3. The van der Waals surface area contributed by atoms with Gasteiger partial charge in [-0.25, -0.2) is 14.5 Å². The normalized spacial score (nSPS) is 12.1. The van der Waals surface area contributed by atoms with Crippen LogP contribution >= 0.6 is 15.9 Å². The monoisotopic (exact) mass is 406 g/mol. The Hall–Kier alpha value is -2.10. The molecule has 1 amide bonds. The van der Waals surface area contributed by atoms with Crippen molar-refractivity contribution in [3.63, 3.8) is 0 Å². The third-order valence-electron chi connectivity index (χ3n) is 2.59. The number of aromatic nitrogens is 3. The first kappa shape index (κ1) is 18.2. The molecule has 0 spiro atoms. The van der Waals surface area contributed by atoms with Gasteiger partial charge in [0.25, 0.3) is 0 Å². The minimum Gasteiger partial charge on any atom is -0.444 e. The molecule has 0 saturated carbocycles. The summed E-state index contributed by atoms with van der Waals surface area (Å²) >= 11 is 3.09. The van der Waals surface area contributed by atoms with Gasteiger partial charge in [-0.05, 0) is 48.8 Å². The van der Waals surface area contributed by atoms with Crippen molar-refractivity contribution in [2.24, 2.45) is 0 Å². The largest absolute Gasteiger partial charge is 0.444 e. The fourth-order valence-electron chi connectivity index (χ4n) is 1.82. The highest BCUT2D eigenvalue weighted by atomic mass is 79.9. The highest BCUT2D eigenvalue weighted by molar-refractivity contribution is 9.10. The lowest BCUT2D eigenvalue weighted by atomic mass is 10.2. The molecule has 0 saturated heterocycles. The van der Waals surface area contributed by atoms with E-state index in [2.05, 4.69) is 31.3 Å². The fraction of sp³-hybridized carbons (Fsp3) is 0.357. The molecule has 2 aromatic heterocycles. The average molecular weight is 407 g/mol. The molecule has 0 radical (unpaired) electrons. The van der Waals surface area contributed by atoms with E-state index in [1.807, 2.05) is 0 Å². The van der Waals surface area contributed by atoms with Gasteiger partial charge in [-0.1, -0.05) is 6.07 Å². The number of carbonyl (C=O) groups excluding carboxylic acids is 1. The molecule has 0 fully saturated rings. The third kappa shape index (κ3) is 4.47. The number of anilines is 1. The maximum absolute atomic E-state index is 13.4. The summed E-state index contributed by atoms with van der Waals surface area (Å²) in [6.07, 6.45) is -4.87. The molecule has 0 unspecified atom stereocenters. The van der Waals surface area contributed by atoms with Gasteiger partial charge in [0.1, 0.15) is 10.2 Å². The van der Waals surface area contributed by atoms with Crippen LogP contribution in [0.25, 0.3) is 5.82 Å². The van der Waals surface area contributed by atoms with E-state index in [1.165, 1.54) is 12.1 Å². The van der Waals surface area contributed by atoms with E-state index in [1.54, 1.807) is 26.8 Å². The lowest BCUT2D eigenvalue weighted by Gasteiger charge is -2.20. The lowest BCUT2D eigenvalue weighted by Crippen LogP contribution is -2.28. The lowest BCUT2D eigenvalue weighted by molar-refractivity contribution is -0.142. The Morgan fingerprint density at radius 1 is 1.29 bits per heavy atom. The van der Waals surface area contributed by atoms with Crippen LogP contribution < -0.4 is 5.32 Å². The molecule has 0 aliphatic rings. The van der Waals surface area contributed by atoms with Crippen LogP contribution in [-0.4, -0.2) is 26.5 Å². The van der Waals surface area contributed by atoms with Crippen LogP contribution in [0.3, 0.4) is 0 Å². The van der Waals surface area contributed by atoms with Crippen LogP contribution in [0.2, 0.25) is 0 Å². The number of amides is 1. The van der Waals surface area contributed by atoms with Gasteiger partial charge in [0.15, 0.2) is 11.5 Å². The maximum atomic E-state index is 13.4. The number of hydrogen-bond acceptors (Lipinski definition) is 4. The molecule has 0 bridgehead atoms. The molecule has 24 heavy (non-hydrogen) atoms. The van der Waals surface area contributed by atoms with Gasteiger partial charge in [-0.2, -0.15) is 18.3 Å². The summed E-state index contributed by atoms with van der Waals surface area (Å²) in [5, 5.41) is 5.76. The Morgan fingerprint density at radius 2 is 1.96 bits per heavy atom. The zero-order valence-electron chi connectivity index (χ0n) is 13.0. The van der Waals surface area contributed by atoms with E-state index in [4.69, 9.17) is 4.74 Å². The summed E-state index contributed by atoms with van der Waals surface area (Å²) in [5.41, 5.74) is -2.51. The summed E-state index contributed by atoms with van der Waals surface area (Å²) in [5.74, 6) is -0.0473. The number of alkyl halides is 3. The summed E-state index contributed by atoms with van der Waals surface area (Å²) in [4.78, 5) is 15.7. The van der Waals surface area contributed by atoms with Crippen LogP contribution in [0, 0.1) is 0 Å². The summed E-state index contributed by atoms with van der Waals surface area (Å²) in [6, 6.07) is 4.46. The van der Waals surface area contributed by atoms with Gasteiger partial charge in [-0.15, -0.1) is 0 Å². The second-order valence-corrected chi connectivity index (χ2v) is 6.57. The van der Waals surface area contributed by atoms with E-state index in [9.17, 15) is 18.0 Å². The molecule has 0 atom stereocenters. The highest BCUT2D eigenvalue weighted by Crippen LogP contribution is 2.36. The average Bonchev–Trinajstić information content (AvgIpc) is 2.79. The maximum Gasteiger partial charge on any atom is 0.435 e. The van der Waals surface area contributed by atoms with Crippen molar-refractivity contribution in [1.29, 1.82) is 0 Å². The zero-order valence-corrected chi connectivity index (χ0v) is 14.6. The van der Waals surface area contributed by atoms with Gasteiger partial charge >= 0.3 is 12.3 Å². The second kappa shape index (κ2) is 6.42. The number of pyridine rings is 1. The number of nitrogens with one attached hydrogen (secondary N) is 1. The van der Waals surface area contributed by atoms with Crippen LogP contribution in [0.15, 0.2) is 29.0 Å². The molecule has 130 valence electrons. The van der Waals surface area contributed by atoms with Gasteiger partial charge in [-0.3, -0.25) is 5.32 Å². The molecule has 0 aromatic carbocycles. The van der Waals surface area contributed by atoms with E-state index < -0.39 is 29.3 Å². The summed E-state index contributed by atoms with van der Waals surface area (Å²) < 4.78 is 46.2. The molecule has 2 aromatic rings. The van der Waals surface area contributed by atoms with Crippen LogP contribution in [-0.2, 0) is 10.9 Å². The fourth-order valence-corrected chi connectivity index (χ4v) is 2.15. The first-order valence-corrected chi connectivity index (χ1v) is 7.55.